The number of nitrogens with one attached hydrogen (secondary N) is 2. The number of nitrogen functional groups attached to an aromatic ring is 1. The van der Waals surface area contributed by atoms with Crippen LogP contribution in [0.3, 0.4) is 0 Å². The van der Waals surface area contributed by atoms with Crippen molar-refractivity contribution in [1.29, 1.82) is 0 Å². The van der Waals surface area contributed by atoms with Crippen molar-refractivity contribution in [2.45, 2.75) is 39.0 Å². The predicted octanol–water partition coefficient (Wildman–Crippen LogP) is 2.06. The predicted molar refractivity (Wildman–Crippen MR) is 69.6 cm³/mol. The minimum Gasteiger partial charge on any atom is -0.370 e. The van der Waals surface area contributed by atoms with Crippen molar-refractivity contribution in [3.63, 3.8) is 0 Å². The first kappa shape index (κ1) is 12.1. The van der Waals surface area contributed by atoms with Crippen LogP contribution in [0.5, 0.6) is 0 Å². The molecule has 0 saturated heterocycles. The molecule has 0 spiro atoms. The van der Waals surface area contributed by atoms with E-state index in [1.54, 1.807) is 6.20 Å². The fraction of sp³-hybridized carbons (Fsp3) is 0.667. The molecule has 1 heterocycles. The van der Waals surface area contributed by atoms with Crippen LogP contribution in [0.25, 0.3) is 0 Å². The summed E-state index contributed by atoms with van der Waals surface area (Å²) in [6.07, 6.45) is 8.59. The average Bonchev–Trinajstić information content (AvgIpc) is 2.84. The van der Waals surface area contributed by atoms with Gasteiger partial charge in [-0.3, -0.25) is 5.43 Å². The molecule has 17 heavy (non-hydrogen) atoms. The molecule has 0 aliphatic heterocycles. The van der Waals surface area contributed by atoms with Gasteiger partial charge in [-0.25, -0.2) is 10.8 Å². The molecule has 0 atom stereocenters. The average molecular weight is 235 g/mol. The highest BCUT2D eigenvalue weighted by Crippen LogP contribution is 2.27. The van der Waals surface area contributed by atoms with Crippen molar-refractivity contribution in [2.24, 2.45) is 11.8 Å². The smallest absolute Gasteiger partial charge is 0.239 e. The van der Waals surface area contributed by atoms with Gasteiger partial charge in [0.15, 0.2) is 0 Å². The third-order valence-corrected chi connectivity index (χ3v) is 3.42. The first-order valence-electron chi connectivity index (χ1n) is 6.33. The Kier molecular flexibility index (Phi) is 4.14. The zero-order valence-electron chi connectivity index (χ0n) is 10.4. The molecule has 94 valence electrons. The Bertz CT molecular complexity index is 360. The van der Waals surface area contributed by atoms with Crippen molar-refractivity contribution < 1.29 is 0 Å². The summed E-state index contributed by atoms with van der Waals surface area (Å²) in [6.45, 7) is 2.98. The summed E-state index contributed by atoms with van der Waals surface area (Å²) in [5.41, 5.74) is 3.52. The first-order chi connectivity index (χ1) is 8.29. The molecular formula is C12H21N5. The number of aromatic nitrogens is 2. The van der Waals surface area contributed by atoms with E-state index >= 15 is 0 Å². The summed E-state index contributed by atoms with van der Waals surface area (Å²) < 4.78 is 0. The van der Waals surface area contributed by atoms with E-state index in [0.29, 0.717) is 5.95 Å². The van der Waals surface area contributed by atoms with Crippen LogP contribution in [-0.2, 0) is 0 Å². The topological polar surface area (TPSA) is 75.9 Å². The number of hydrazine groups is 1. The zero-order chi connectivity index (χ0) is 12.1. The standard InChI is InChI=1S/C12H21N5/c1-9-8-15-12(17-13)16-11(9)14-7-6-10-4-2-3-5-10/h8,10H,2-7,13H2,1H3,(H2,14,15,16,17). The summed E-state index contributed by atoms with van der Waals surface area (Å²) in [5.74, 6) is 7.53. The molecule has 1 aromatic rings. The SMILES string of the molecule is Cc1cnc(NN)nc1NCCC1CCCC1. The molecule has 0 amide bonds. The molecule has 2 rings (SSSR count). The maximum atomic E-state index is 5.29. The molecule has 1 aliphatic carbocycles. The quantitative estimate of drug-likeness (QED) is 0.538. The third kappa shape index (κ3) is 3.30. The summed E-state index contributed by atoms with van der Waals surface area (Å²) >= 11 is 0. The van der Waals surface area contributed by atoms with E-state index in [9.17, 15) is 0 Å². The van der Waals surface area contributed by atoms with Crippen LogP contribution in [-0.4, -0.2) is 16.5 Å². The number of rotatable bonds is 5. The third-order valence-electron chi connectivity index (χ3n) is 3.42. The van der Waals surface area contributed by atoms with Crippen LogP contribution in [0.15, 0.2) is 6.20 Å². The Labute approximate surface area is 102 Å². The van der Waals surface area contributed by atoms with Gasteiger partial charge in [-0.2, -0.15) is 4.98 Å². The molecule has 5 heteroatoms. The number of hydrogen-bond acceptors (Lipinski definition) is 5. The number of anilines is 2. The molecule has 1 fully saturated rings. The van der Waals surface area contributed by atoms with Gasteiger partial charge in [-0.1, -0.05) is 25.7 Å². The highest BCUT2D eigenvalue weighted by molar-refractivity contribution is 5.45. The lowest BCUT2D eigenvalue weighted by Gasteiger charge is -2.12. The van der Waals surface area contributed by atoms with Crippen molar-refractivity contribution in [3.8, 4) is 0 Å². The van der Waals surface area contributed by atoms with Crippen molar-refractivity contribution >= 4 is 11.8 Å². The maximum Gasteiger partial charge on any atom is 0.239 e. The summed E-state index contributed by atoms with van der Waals surface area (Å²) in [5, 5.41) is 3.37. The Balaban J connectivity index is 1.84. The normalized spacial score (nSPS) is 16.1. The van der Waals surface area contributed by atoms with Gasteiger partial charge in [0, 0.05) is 18.3 Å². The Morgan fingerprint density at radius 3 is 2.88 bits per heavy atom. The largest absolute Gasteiger partial charge is 0.370 e. The molecule has 4 N–H and O–H groups in total. The number of hydrogen-bond donors (Lipinski definition) is 3. The van der Waals surface area contributed by atoms with Gasteiger partial charge in [-0.05, 0) is 19.3 Å². The van der Waals surface area contributed by atoms with E-state index < -0.39 is 0 Å². The van der Waals surface area contributed by atoms with E-state index in [1.165, 1.54) is 32.1 Å². The fourth-order valence-electron chi connectivity index (χ4n) is 2.38. The van der Waals surface area contributed by atoms with E-state index in [1.807, 2.05) is 6.92 Å². The van der Waals surface area contributed by atoms with Crippen molar-refractivity contribution in [3.05, 3.63) is 11.8 Å². The van der Waals surface area contributed by atoms with Crippen LogP contribution < -0.4 is 16.6 Å². The molecule has 5 nitrogen and oxygen atoms in total. The van der Waals surface area contributed by atoms with E-state index in [-0.39, 0.29) is 0 Å². The van der Waals surface area contributed by atoms with Crippen molar-refractivity contribution in [1.82, 2.24) is 9.97 Å². The summed E-state index contributed by atoms with van der Waals surface area (Å²) in [4.78, 5) is 8.35. The number of aryl methyl sites for hydroxylation is 1. The lowest BCUT2D eigenvalue weighted by molar-refractivity contribution is 0.518. The lowest BCUT2D eigenvalue weighted by Crippen LogP contribution is -2.14. The highest BCUT2D eigenvalue weighted by atomic mass is 15.3. The molecule has 1 aliphatic rings. The molecule has 0 bridgehead atoms. The Morgan fingerprint density at radius 2 is 2.18 bits per heavy atom. The van der Waals surface area contributed by atoms with Gasteiger partial charge in [-0.15, -0.1) is 0 Å². The fourth-order valence-corrected chi connectivity index (χ4v) is 2.38. The summed E-state index contributed by atoms with van der Waals surface area (Å²) in [7, 11) is 0. The maximum absolute atomic E-state index is 5.29. The van der Waals surface area contributed by atoms with Gasteiger partial charge < -0.3 is 5.32 Å². The molecular weight excluding hydrogens is 214 g/mol. The van der Waals surface area contributed by atoms with Gasteiger partial charge in [0.1, 0.15) is 5.82 Å². The molecule has 0 radical (unpaired) electrons. The van der Waals surface area contributed by atoms with Crippen LogP contribution in [0.1, 0.15) is 37.7 Å². The molecule has 0 unspecified atom stereocenters. The molecule has 0 aromatic carbocycles. The van der Waals surface area contributed by atoms with Crippen LogP contribution >= 0.6 is 0 Å². The second-order valence-corrected chi connectivity index (χ2v) is 4.74. The van der Waals surface area contributed by atoms with E-state index in [2.05, 4.69) is 20.7 Å². The monoisotopic (exact) mass is 235 g/mol. The van der Waals surface area contributed by atoms with E-state index in [0.717, 1.165) is 23.8 Å². The highest BCUT2D eigenvalue weighted by Gasteiger charge is 2.14. The number of nitrogens with two attached hydrogens (primary N) is 1. The number of nitrogens with zero attached hydrogens (tertiary/aromatic N) is 2. The van der Waals surface area contributed by atoms with Crippen LogP contribution in [0.2, 0.25) is 0 Å². The molecule has 1 aromatic heterocycles. The van der Waals surface area contributed by atoms with Gasteiger partial charge in [0.25, 0.3) is 0 Å². The second kappa shape index (κ2) is 5.82. The second-order valence-electron chi connectivity index (χ2n) is 4.74. The van der Waals surface area contributed by atoms with Gasteiger partial charge in [0.05, 0.1) is 0 Å². The minimum atomic E-state index is 0.457. The van der Waals surface area contributed by atoms with Gasteiger partial charge in [0.2, 0.25) is 5.95 Å². The van der Waals surface area contributed by atoms with E-state index in [4.69, 9.17) is 5.84 Å². The molecule has 1 saturated carbocycles. The van der Waals surface area contributed by atoms with Gasteiger partial charge >= 0.3 is 0 Å². The Hall–Kier alpha value is -1.36. The minimum absolute atomic E-state index is 0.457. The van der Waals surface area contributed by atoms with Crippen LogP contribution in [0.4, 0.5) is 11.8 Å². The zero-order valence-corrected chi connectivity index (χ0v) is 10.4. The first-order valence-corrected chi connectivity index (χ1v) is 6.33. The van der Waals surface area contributed by atoms with Crippen LogP contribution in [0, 0.1) is 12.8 Å². The Morgan fingerprint density at radius 1 is 1.41 bits per heavy atom. The lowest BCUT2D eigenvalue weighted by atomic mass is 10.0. The van der Waals surface area contributed by atoms with Crippen molar-refractivity contribution in [2.75, 3.05) is 17.3 Å². The summed E-state index contributed by atoms with van der Waals surface area (Å²) in [6, 6.07) is 0.